The number of carbonyl (C=O) groups is 1. The fourth-order valence-corrected chi connectivity index (χ4v) is 1.71. The van der Waals surface area contributed by atoms with Crippen LogP contribution in [0.5, 0.6) is 5.75 Å². The van der Waals surface area contributed by atoms with Crippen LogP contribution in [-0.2, 0) is 4.79 Å². The van der Waals surface area contributed by atoms with E-state index in [-0.39, 0.29) is 5.91 Å². The third kappa shape index (κ3) is 6.25. The highest BCUT2D eigenvalue weighted by molar-refractivity contribution is 5.75. The topological polar surface area (TPSA) is 41.6 Å². The minimum absolute atomic E-state index is 0.170. The molecule has 1 amide bonds. The van der Waals surface area contributed by atoms with Crippen molar-refractivity contribution in [1.29, 1.82) is 0 Å². The lowest BCUT2D eigenvalue weighted by atomic mass is 10.2. The Labute approximate surface area is 115 Å². The minimum atomic E-state index is 0.170. The third-order valence-electron chi connectivity index (χ3n) is 2.92. The fraction of sp³-hybridized carbons (Fsp3) is 0.533. The molecule has 0 aliphatic carbocycles. The molecule has 0 aromatic heterocycles. The van der Waals surface area contributed by atoms with Crippen molar-refractivity contribution in [2.45, 2.75) is 19.8 Å². The number of benzene rings is 1. The number of likely N-dealkylation sites (N-methyl/N-ethyl adjacent to an activating group) is 2. The van der Waals surface area contributed by atoms with Gasteiger partial charge in [-0.2, -0.15) is 0 Å². The summed E-state index contributed by atoms with van der Waals surface area (Å²) in [7, 11) is 3.72. The number of nitrogens with zero attached hydrogens (tertiary/aromatic N) is 1. The quantitative estimate of drug-likeness (QED) is 0.728. The van der Waals surface area contributed by atoms with Gasteiger partial charge < -0.3 is 15.0 Å². The second kappa shape index (κ2) is 8.53. The second-order valence-corrected chi connectivity index (χ2v) is 4.69. The van der Waals surface area contributed by atoms with Crippen LogP contribution in [0.15, 0.2) is 24.3 Å². The average molecular weight is 264 g/mol. The average Bonchev–Trinajstić information content (AvgIpc) is 2.40. The smallest absolute Gasteiger partial charge is 0.222 e. The van der Waals surface area contributed by atoms with Crippen molar-refractivity contribution in [2.75, 3.05) is 33.8 Å². The lowest BCUT2D eigenvalue weighted by molar-refractivity contribution is -0.130. The summed E-state index contributed by atoms with van der Waals surface area (Å²) in [5.74, 6) is 1.04. The van der Waals surface area contributed by atoms with Crippen molar-refractivity contribution in [3.8, 4) is 5.75 Å². The van der Waals surface area contributed by atoms with Gasteiger partial charge in [0.1, 0.15) is 5.75 Å². The summed E-state index contributed by atoms with van der Waals surface area (Å²) in [6.07, 6.45) is 1.28. The molecule has 0 radical (unpaired) electrons. The molecule has 4 heteroatoms. The van der Waals surface area contributed by atoms with Crippen molar-refractivity contribution in [2.24, 2.45) is 0 Å². The minimum Gasteiger partial charge on any atom is -0.494 e. The van der Waals surface area contributed by atoms with Gasteiger partial charge >= 0.3 is 0 Å². The molecule has 4 nitrogen and oxygen atoms in total. The van der Waals surface area contributed by atoms with Gasteiger partial charge in [0.15, 0.2) is 0 Å². The van der Waals surface area contributed by atoms with Crippen LogP contribution in [-0.4, -0.2) is 44.6 Å². The molecule has 0 bridgehead atoms. The highest BCUT2D eigenvalue weighted by atomic mass is 16.5. The van der Waals surface area contributed by atoms with Crippen LogP contribution < -0.4 is 10.1 Å². The van der Waals surface area contributed by atoms with Crippen LogP contribution in [0.25, 0.3) is 0 Å². The van der Waals surface area contributed by atoms with E-state index in [2.05, 4.69) is 5.32 Å². The van der Waals surface area contributed by atoms with Crippen molar-refractivity contribution >= 4 is 5.91 Å². The lowest BCUT2D eigenvalue weighted by Gasteiger charge is -2.16. The zero-order valence-electron chi connectivity index (χ0n) is 12.1. The number of carbonyl (C=O) groups excluding carboxylic acids is 1. The Hall–Kier alpha value is -1.55. The summed E-state index contributed by atoms with van der Waals surface area (Å²) in [5.41, 5.74) is 1.18. The number of rotatable bonds is 8. The number of nitrogens with one attached hydrogen (secondary N) is 1. The first-order valence-corrected chi connectivity index (χ1v) is 6.71. The van der Waals surface area contributed by atoms with E-state index in [0.29, 0.717) is 13.0 Å². The molecule has 1 aromatic rings. The Morgan fingerprint density at radius 3 is 2.89 bits per heavy atom. The maximum Gasteiger partial charge on any atom is 0.222 e. The van der Waals surface area contributed by atoms with Gasteiger partial charge in [-0.15, -0.1) is 0 Å². The lowest BCUT2D eigenvalue weighted by Crippen LogP contribution is -2.32. The van der Waals surface area contributed by atoms with Crippen LogP contribution >= 0.6 is 0 Å². The van der Waals surface area contributed by atoms with Gasteiger partial charge in [0.25, 0.3) is 0 Å². The molecule has 0 spiro atoms. The van der Waals surface area contributed by atoms with E-state index in [1.807, 2.05) is 45.3 Å². The fourth-order valence-electron chi connectivity index (χ4n) is 1.71. The largest absolute Gasteiger partial charge is 0.494 e. The van der Waals surface area contributed by atoms with Gasteiger partial charge in [-0.3, -0.25) is 4.79 Å². The van der Waals surface area contributed by atoms with Crippen LogP contribution in [0.1, 0.15) is 18.4 Å². The maximum atomic E-state index is 11.8. The van der Waals surface area contributed by atoms with Crippen LogP contribution in [0.3, 0.4) is 0 Å². The molecule has 0 aliphatic rings. The van der Waals surface area contributed by atoms with E-state index in [1.165, 1.54) is 5.56 Å². The van der Waals surface area contributed by atoms with Gasteiger partial charge in [0.05, 0.1) is 6.61 Å². The van der Waals surface area contributed by atoms with Crippen LogP contribution in [0, 0.1) is 6.92 Å². The number of hydrogen-bond acceptors (Lipinski definition) is 3. The summed E-state index contributed by atoms with van der Waals surface area (Å²) >= 11 is 0. The zero-order chi connectivity index (χ0) is 14.1. The van der Waals surface area contributed by atoms with Crippen LogP contribution in [0.2, 0.25) is 0 Å². The normalized spacial score (nSPS) is 10.3. The molecular weight excluding hydrogens is 240 g/mol. The third-order valence-corrected chi connectivity index (χ3v) is 2.92. The SMILES string of the molecule is CNCCN(C)C(=O)CCCOc1cccc(C)c1. The van der Waals surface area contributed by atoms with E-state index in [1.54, 1.807) is 4.90 Å². The molecule has 0 fully saturated rings. The van der Waals surface area contributed by atoms with E-state index < -0.39 is 0 Å². The first-order valence-electron chi connectivity index (χ1n) is 6.71. The van der Waals surface area contributed by atoms with Gasteiger partial charge in [-0.05, 0) is 38.1 Å². The van der Waals surface area contributed by atoms with E-state index in [9.17, 15) is 4.79 Å². The van der Waals surface area contributed by atoms with Crippen molar-refractivity contribution in [1.82, 2.24) is 10.2 Å². The first kappa shape index (κ1) is 15.5. The van der Waals surface area contributed by atoms with Crippen molar-refractivity contribution in [3.63, 3.8) is 0 Å². The molecule has 0 aliphatic heterocycles. The molecule has 0 saturated carbocycles. The van der Waals surface area contributed by atoms with Gasteiger partial charge in [0, 0.05) is 26.6 Å². The standard InChI is InChI=1S/C15H24N2O2/c1-13-6-4-7-14(12-13)19-11-5-8-15(18)17(3)10-9-16-2/h4,6-7,12,16H,5,8-11H2,1-3H3. The Morgan fingerprint density at radius 1 is 1.42 bits per heavy atom. The van der Waals surface area contributed by atoms with E-state index in [4.69, 9.17) is 4.74 Å². The van der Waals surface area contributed by atoms with Crippen molar-refractivity contribution in [3.05, 3.63) is 29.8 Å². The molecule has 0 saturated heterocycles. The molecule has 0 unspecified atom stereocenters. The van der Waals surface area contributed by atoms with Gasteiger partial charge in [0.2, 0.25) is 5.91 Å². The first-order chi connectivity index (χ1) is 9.13. The number of aryl methyl sites for hydroxylation is 1. The number of amides is 1. The summed E-state index contributed by atoms with van der Waals surface area (Å²) in [6, 6.07) is 7.95. The predicted molar refractivity (Wildman–Crippen MR) is 77.5 cm³/mol. The monoisotopic (exact) mass is 264 g/mol. The Kier molecular flexibility index (Phi) is 6.97. The molecule has 0 atom stereocenters. The molecule has 1 aromatic carbocycles. The highest BCUT2D eigenvalue weighted by Crippen LogP contribution is 2.12. The summed E-state index contributed by atoms with van der Waals surface area (Å²) < 4.78 is 5.62. The van der Waals surface area contributed by atoms with Gasteiger partial charge in [-0.25, -0.2) is 0 Å². The predicted octanol–water partition coefficient (Wildman–Crippen LogP) is 1.83. The molecule has 0 heterocycles. The zero-order valence-corrected chi connectivity index (χ0v) is 12.1. The Morgan fingerprint density at radius 2 is 2.21 bits per heavy atom. The van der Waals surface area contributed by atoms with E-state index in [0.717, 1.165) is 25.3 Å². The second-order valence-electron chi connectivity index (χ2n) is 4.69. The number of hydrogen-bond donors (Lipinski definition) is 1. The van der Waals surface area contributed by atoms with Crippen molar-refractivity contribution < 1.29 is 9.53 Å². The summed E-state index contributed by atoms with van der Waals surface area (Å²) in [4.78, 5) is 13.5. The van der Waals surface area contributed by atoms with E-state index >= 15 is 0 Å². The molecule has 1 N–H and O–H groups in total. The summed E-state index contributed by atoms with van der Waals surface area (Å²) in [5, 5.41) is 3.03. The van der Waals surface area contributed by atoms with Gasteiger partial charge in [-0.1, -0.05) is 12.1 Å². The highest BCUT2D eigenvalue weighted by Gasteiger charge is 2.07. The Balaban J connectivity index is 2.18. The Bertz CT molecular complexity index is 393. The molecule has 19 heavy (non-hydrogen) atoms. The summed E-state index contributed by atoms with van der Waals surface area (Å²) in [6.45, 7) is 4.18. The molecular formula is C15H24N2O2. The van der Waals surface area contributed by atoms with Crippen LogP contribution in [0.4, 0.5) is 0 Å². The maximum absolute atomic E-state index is 11.8. The molecule has 106 valence electrons. The molecule has 1 rings (SSSR count). The number of ether oxygens (including phenoxy) is 1.